The van der Waals surface area contributed by atoms with Gasteiger partial charge in [0.1, 0.15) is 21.5 Å². The molecule has 8 heteroatoms. The fraction of sp³-hybridized carbons (Fsp3) is 0.294. The molecule has 0 fully saturated rings. The third-order valence-corrected chi connectivity index (χ3v) is 9.49. The Morgan fingerprint density at radius 3 is 1.40 bits per heavy atom. The van der Waals surface area contributed by atoms with Crippen molar-refractivity contribution in [1.29, 1.82) is 0 Å². The molecule has 0 atom stereocenters. The second-order valence-corrected chi connectivity index (χ2v) is 14.9. The number of ether oxygens (including phenoxy) is 1. The standard InChI is InChI=1S/C26H33N2OS.C8H10O3S/c1-26(2,3)29-22-12-18-25(19-13-22)30(23-14-8-20(9-15-23)27(4)5)24-16-10-21(11-17-24)28(6)7;1-6-3-4-8(7(2)5-6)12(9,10)11/h8-19H,1-7H3;3-5H,1-2H3,(H,9,10,11)/q+1;/p-1. The summed E-state index contributed by atoms with van der Waals surface area (Å²) in [4.78, 5) is 8.03. The fourth-order valence-electron chi connectivity index (χ4n) is 4.25. The van der Waals surface area contributed by atoms with Crippen molar-refractivity contribution in [3.63, 3.8) is 0 Å². The van der Waals surface area contributed by atoms with Crippen LogP contribution in [0.1, 0.15) is 31.9 Å². The largest absolute Gasteiger partial charge is 0.744 e. The number of hydrogen-bond donors (Lipinski definition) is 0. The average molecular weight is 607 g/mol. The van der Waals surface area contributed by atoms with Crippen LogP contribution in [0.25, 0.3) is 0 Å². The molecule has 0 aliphatic rings. The van der Waals surface area contributed by atoms with Gasteiger partial charge in [0.05, 0.1) is 15.8 Å². The van der Waals surface area contributed by atoms with E-state index in [1.807, 2.05) is 6.92 Å². The van der Waals surface area contributed by atoms with Gasteiger partial charge >= 0.3 is 0 Å². The van der Waals surface area contributed by atoms with E-state index in [1.54, 1.807) is 19.1 Å². The molecular formula is C34H42N2O4S2. The van der Waals surface area contributed by atoms with E-state index in [0.717, 1.165) is 11.3 Å². The predicted molar refractivity (Wildman–Crippen MR) is 174 cm³/mol. The van der Waals surface area contributed by atoms with Gasteiger partial charge < -0.3 is 19.1 Å². The molecule has 6 nitrogen and oxygen atoms in total. The summed E-state index contributed by atoms with van der Waals surface area (Å²) in [6.07, 6.45) is 0. The first-order valence-corrected chi connectivity index (χ1v) is 16.3. The van der Waals surface area contributed by atoms with Gasteiger partial charge in [-0.2, -0.15) is 0 Å². The highest BCUT2D eigenvalue weighted by atomic mass is 32.2. The summed E-state index contributed by atoms with van der Waals surface area (Å²) in [5.41, 5.74) is 3.66. The summed E-state index contributed by atoms with van der Waals surface area (Å²) in [7, 11) is 3.81. The van der Waals surface area contributed by atoms with Crippen LogP contribution < -0.4 is 14.5 Å². The molecule has 0 unspecified atom stereocenters. The lowest BCUT2D eigenvalue weighted by Gasteiger charge is -2.21. The van der Waals surface area contributed by atoms with Crippen molar-refractivity contribution in [1.82, 2.24) is 0 Å². The van der Waals surface area contributed by atoms with E-state index in [-0.39, 0.29) is 21.4 Å². The Hall–Kier alpha value is -3.46. The minimum absolute atomic E-state index is 0.131. The summed E-state index contributed by atoms with van der Waals surface area (Å²) in [6.45, 7) is 9.67. The Kier molecular flexibility index (Phi) is 10.8. The van der Waals surface area contributed by atoms with E-state index in [9.17, 15) is 13.0 Å². The lowest BCUT2D eigenvalue weighted by atomic mass is 10.2. The first kappa shape index (κ1) is 33.0. The highest BCUT2D eigenvalue weighted by Gasteiger charge is 2.29. The Balaban J connectivity index is 0.000000337. The zero-order chi connectivity index (χ0) is 31.2. The first-order valence-electron chi connectivity index (χ1n) is 13.7. The van der Waals surface area contributed by atoms with Gasteiger partial charge in [0.2, 0.25) is 0 Å². The van der Waals surface area contributed by atoms with Gasteiger partial charge in [0.15, 0.2) is 14.7 Å². The molecule has 0 saturated carbocycles. The molecule has 42 heavy (non-hydrogen) atoms. The van der Waals surface area contributed by atoms with Crippen LogP contribution in [0.15, 0.2) is 111 Å². The van der Waals surface area contributed by atoms with Crippen molar-refractivity contribution in [2.24, 2.45) is 0 Å². The van der Waals surface area contributed by atoms with Crippen molar-refractivity contribution in [3.8, 4) is 5.75 Å². The first-order chi connectivity index (χ1) is 19.5. The van der Waals surface area contributed by atoms with Gasteiger partial charge in [-0.15, -0.1) is 0 Å². The number of anilines is 2. The smallest absolute Gasteiger partial charge is 0.166 e. The molecule has 0 saturated heterocycles. The summed E-state index contributed by atoms with van der Waals surface area (Å²) in [5, 5.41) is 0. The molecule has 0 bridgehead atoms. The van der Waals surface area contributed by atoms with Crippen LogP contribution in [-0.2, 0) is 21.0 Å². The normalized spacial score (nSPS) is 11.5. The van der Waals surface area contributed by atoms with Crippen LogP contribution in [0.4, 0.5) is 11.4 Å². The fourth-order valence-corrected chi connectivity index (χ4v) is 6.98. The Bertz CT molecular complexity index is 1510. The van der Waals surface area contributed by atoms with Crippen LogP contribution in [0.5, 0.6) is 5.75 Å². The third kappa shape index (κ3) is 9.28. The maximum atomic E-state index is 10.6. The molecule has 4 aromatic carbocycles. The van der Waals surface area contributed by atoms with Crippen molar-refractivity contribution in [2.45, 2.75) is 59.8 Å². The summed E-state index contributed by atoms with van der Waals surface area (Å²) >= 11 is 0. The Morgan fingerprint density at radius 2 is 1.07 bits per heavy atom. The molecule has 0 radical (unpaired) electrons. The van der Waals surface area contributed by atoms with Gasteiger partial charge in [-0.05, 0) is 119 Å². The van der Waals surface area contributed by atoms with Gasteiger partial charge in [-0.25, -0.2) is 8.42 Å². The van der Waals surface area contributed by atoms with Crippen LogP contribution in [0, 0.1) is 13.8 Å². The molecule has 0 N–H and O–H groups in total. The molecule has 0 aromatic heterocycles. The second kappa shape index (κ2) is 13.7. The molecule has 0 amide bonds. The van der Waals surface area contributed by atoms with Gasteiger partial charge in [-0.3, -0.25) is 0 Å². The van der Waals surface area contributed by atoms with Crippen LogP contribution in [-0.4, -0.2) is 46.8 Å². The average Bonchev–Trinajstić information content (AvgIpc) is 2.89. The quantitative estimate of drug-likeness (QED) is 0.162. The Labute approximate surface area is 255 Å². The lowest BCUT2D eigenvalue weighted by Crippen LogP contribution is -2.22. The van der Waals surface area contributed by atoms with Crippen molar-refractivity contribution < 1.29 is 17.7 Å². The van der Waals surface area contributed by atoms with E-state index in [2.05, 4.69) is 132 Å². The van der Waals surface area contributed by atoms with E-state index in [0.29, 0.717) is 5.56 Å². The van der Waals surface area contributed by atoms with Crippen molar-refractivity contribution in [2.75, 3.05) is 38.0 Å². The number of nitrogens with zero attached hydrogens (tertiary/aromatic N) is 2. The highest BCUT2D eigenvalue weighted by Crippen LogP contribution is 2.34. The topological polar surface area (TPSA) is 72.9 Å². The van der Waals surface area contributed by atoms with Crippen LogP contribution >= 0.6 is 0 Å². The molecule has 4 aromatic rings. The number of hydrogen-bond acceptors (Lipinski definition) is 6. The van der Waals surface area contributed by atoms with Gasteiger partial charge in [0.25, 0.3) is 0 Å². The van der Waals surface area contributed by atoms with E-state index < -0.39 is 10.1 Å². The van der Waals surface area contributed by atoms with E-state index in [1.165, 1.54) is 32.1 Å². The highest BCUT2D eigenvalue weighted by molar-refractivity contribution is 7.97. The molecule has 0 spiro atoms. The van der Waals surface area contributed by atoms with Crippen LogP contribution in [0.3, 0.4) is 0 Å². The monoisotopic (exact) mass is 606 g/mol. The van der Waals surface area contributed by atoms with Crippen LogP contribution in [0.2, 0.25) is 0 Å². The molecular weight excluding hydrogens is 565 g/mol. The Morgan fingerprint density at radius 1 is 0.667 bits per heavy atom. The summed E-state index contributed by atoms with van der Waals surface area (Å²) < 4.78 is 37.9. The maximum absolute atomic E-state index is 10.6. The number of benzene rings is 4. The second-order valence-electron chi connectivity index (χ2n) is 11.5. The molecule has 0 aliphatic heterocycles. The molecule has 0 aliphatic carbocycles. The van der Waals surface area contributed by atoms with Gasteiger partial charge in [0, 0.05) is 39.6 Å². The molecule has 224 valence electrons. The minimum atomic E-state index is -4.30. The van der Waals surface area contributed by atoms with Crippen molar-refractivity contribution in [3.05, 3.63) is 102 Å². The van der Waals surface area contributed by atoms with E-state index >= 15 is 0 Å². The lowest BCUT2D eigenvalue weighted by molar-refractivity contribution is 0.131. The summed E-state index contributed by atoms with van der Waals surface area (Å²) in [6, 6.07) is 31.0. The van der Waals surface area contributed by atoms with Crippen molar-refractivity contribution >= 4 is 32.4 Å². The predicted octanol–water partition coefficient (Wildman–Crippen LogP) is 7.30. The number of aryl methyl sites for hydroxylation is 2. The summed E-state index contributed by atoms with van der Waals surface area (Å²) in [5.74, 6) is 0.903. The molecule has 4 rings (SSSR count). The minimum Gasteiger partial charge on any atom is -0.744 e. The maximum Gasteiger partial charge on any atom is 0.166 e. The third-order valence-electron chi connectivity index (χ3n) is 6.26. The SMILES string of the molecule is CN(C)c1ccc([S+](c2ccc(OC(C)(C)C)cc2)c2ccc(N(C)C)cc2)cc1.Cc1ccc(S(=O)(=O)[O-])c(C)c1. The zero-order valence-electron chi connectivity index (χ0n) is 26.0. The van der Waals surface area contributed by atoms with Gasteiger partial charge in [-0.1, -0.05) is 17.7 Å². The zero-order valence-corrected chi connectivity index (χ0v) is 27.6. The number of rotatable bonds is 7. The van der Waals surface area contributed by atoms with E-state index in [4.69, 9.17) is 4.74 Å². The molecule has 0 heterocycles.